The van der Waals surface area contributed by atoms with Gasteiger partial charge in [0.2, 0.25) is 5.91 Å². The molecule has 1 heterocycles. The summed E-state index contributed by atoms with van der Waals surface area (Å²) >= 11 is 5.92. The van der Waals surface area contributed by atoms with Gasteiger partial charge in [0.1, 0.15) is 0 Å². The Kier molecular flexibility index (Phi) is 6.03. The monoisotopic (exact) mass is 309 g/mol. The van der Waals surface area contributed by atoms with E-state index in [2.05, 4.69) is 17.1 Å². The third kappa shape index (κ3) is 4.70. The van der Waals surface area contributed by atoms with E-state index < -0.39 is 0 Å². The van der Waals surface area contributed by atoms with E-state index in [0.717, 1.165) is 37.6 Å². The number of halogens is 1. The lowest BCUT2D eigenvalue weighted by Crippen LogP contribution is -2.41. The van der Waals surface area contributed by atoms with Gasteiger partial charge in [-0.3, -0.25) is 9.69 Å². The van der Waals surface area contributed by atoms with Crippen LogP contribution in [0.15, 0.2) is 24.3 Å². The largest absolute Gasteiger partial charge is 0.340 e. The first kappa shape index (κ1) is 16.3. The number of carbonyl (C=O) groups is 1. The molecule has 0 bridgehead atoms. The van der Waals surface area contributed by atoms with Crippen LogP contribution >= 0.6 is 11.6 Å². The van der Waals surface area contributed by atoms with Gasteiger partial charge in [0.15, 0.2) is 0 Å². The Morgan fingerprint density at radius 1 is 1.33 bits per heavy atom. The molecule has 5 heteroatoms. The Labute approximate surface area is 132 Å². The lowest BCUT2D eigenvalue weighted by molar-refractivity contribution is -0.132. The SMILES string of the molecule is CC(c1ccc(Cl)cc1)N(C)CC(=O)N1CCCNCC1. The van der Waals surface area contributed by atoms with E-state index in [9.17, 15) is 4.79 Å². The first-order chi connectivity index (χ1) is 10.1. The number of amides is 1. The van der Waals surface area contributed by atoms with Crippen LogP contribution in [0.2, 0.25) is 5.02 Å². The lowest BCUT2D eigenvalue weighted by Gasteiger charge is -2.28. The number of rotatable bonds is 4. The highest BCUT2D eigenvalue weighted by molar-refractivity contribution is 6.30. The Morgan fingerprint density at radius 2 is 2.05 bits per heavy atom. The van der Waals surface area contributed by atoms with Crippen molar-refractivity contribution < 1.29 is 4.79 Å². The summed E-state index contributed by atoms with van der Waals surface area (Å²) in [6.45, 7) is 6.12. The molecule has 0 aromatic heterocycles. The van der Waals surface area contributed by atoms with Gasteiger partial charge in [-0.15, -0.1) is 0 Å². The smallest absolute Gasteiger partial charge is 0.236 e. The number of nitrogens with zero attached hydrogens (tertiary/aromatic N) is 2. The minimum atomic E-state index is 0.191. The summed E-state index contributed by atoms with van der Waals surface area (Å²) in [5.74, 6) is 0.210. The van der Waals surface area contributed by atoms with Crippen LogP contribution in [0.5, 0.6) is 0 Å². The molecule has 0 aliphatic carbocycles. The van der Waals surface area contributed by atoms with Crippen molar-refractivity contribution in [3.05, 3.63) is 34.9 Å². The molecule has 1 atom stereocenters. The molecule has 1 unspecified atom stereocenters. The zero-order valence-electron chi connectivity index (χ0n) is 12.8. The predicted octanol–water partition coefficient (Wildman–Crippen LogP) is 2.15. The molecule has 0 spiro atoms. The molecule has 21 heavy (non-hydrogen) atoms. The molecule has 1 aromatic rings. The van der Waals surface area contributed by atoms with Crippen LogP contribution in [0.3, 0.4) is 0 Å². The van der Waals surface area contributed by atoms with E-state index in [0.29, 0.717) is 6.54 Å². The summed E-state index contributed by atoms with van der Waals surface area (Å²) in [5, 5.41) is 4.06. The summed E-state index contributed by atoms with van der Waals surface area (Å²) in [6, 6.07) is 8.01. The summed E-state index contributed by atoms with van der Waals surface area (Å²) in [5.41, 5.74) is 1.17. The Balaban J connectivity index is 1.91. The molecule has 1 aliphatic heterocycles. The molecule has 1 N–H and O–H groups in total. The first-order valence-corrected chi connectivity index (χ1v) is 7.90. The van der Waals surface area contributed by atoms with Gasteiger partial charge in [0.25, 0.3) is 0 Å². The van der Waals surface area contributed by atoms with Gasteiger partial charge < -0.3 is 10.2 Å². The van der Waals surface area contributed by atoms with E-state index in [-0.39, 0.29) is 11.9 Å². The molecule has 1 aliphatic rings. The second kappa shape index (κ2) is 7.78. The fourth-order valence-electron chi connectivity index (χ4n) is 2.54. The zero-order chi connectivity index (χ0) is 15.2. The van der Waals surface area contributed by atoms with Gasteiger partial charge in [0, 0.05) is 30.7 Å². The maximum absolute atomic E-state index is 12.4. The molecule has 1 saturated heterocycles. The standard InChI is InChI=1S/C16H24ClN3O/c1-13(14-4-6-15(17)7-5-14)19(2)12-16(21)20-10-3-8-18-9-11-20/h4-7,13,18H,3,8-12H2,1-2H3. The van der Waals surface area contributed by atoms with Crippen molar-refractivity contribution in [3.63, 3.8) is 0 Å². The van der Waals surface area contributed by atoms with Crippen molar-refractivity contribution in [2.75, 3.05) is 39.8 Å². The predicted molar refractivity (Wildman–Crippen MR) is 86.6 cm³/mol. The Hall–Kier alpha value is -1.10. The number of benzene rings is 1. The van der Waals surface area contributed by atoms with Crippen LogP contribution in [0.25, 0.3) is 0 Å². The van der Waals surface area contributed by atoms with Gasteiger partial charge in [-0.1, -0.05) is 23.7 Å². The van der Waals surface area contributed by atoms with Crippen molar-refractivity contribution >= 4 is 17.5 Å². The van der Waals surface area contributed by atoms with Crippen molar-refractivity contribution in [1.29, 1.82) is 0 Å². The van der Waals surface area contributed by atoms with E-state index in [4.69, 9.17) is 11.6 Å². The number of carbonyl (C=O) groups excluding carboxylic acids is 1. The summed E-state index contributed by atoms with van der Waals surface area (Å²) in [6.07, 6.45) is 1.03. The van der Waals surface area contributed by atoms with Crippen LogP contribution in [0.4, 0.5) is 0 Å². The van der Waals surface area contributed by atoms with E-state index in [1.165, 1.54) is 5.56 Å². The number of hydrogen-bond acceptors (Lipinski definition) is 3. The third-order valence-corrected chi connectivity index (χ3v) is 4.34. The molecule has 0 saturated carbocycles. The average Bonchev–Trinajstić information content (AvgIpc) is 2.76. The van der Waals surface area contributed by atoms with Crippen LogP contribution < -0.4 is 5.32 Å². The molecule has 0 radical (unpaired) electrons. The van der Waals surface area contributed by atoms with Crippen molar-refractivity contribution in [3.8, 4) is 0 Å². The van der Waals surface area contributed by atoms with Crippen LogP contribution in [-0.2, 0) is 4.79 Å². The number of likely N-dealkylation sites (N-methyl/N-ethyl adjacent to an activating group) is 1. The Bertz CT molecular complexity index is 455. The Morgan fingerprint density at radius 3 is 2.76 bits per heavy atom. The van der Waals surface area contributed by atoms with Crippen LogP contribution in [0.1, 0.15) is 24.9 Å². The lowest BCUT2D eigenvalue weighted by atomic mass is 10.1. The molecule has 1 aromatic carbocycles. The quantitative estimate of drug-likeness (QED) is 0.926. The maximum atomic E-state index is 12.4. The van der Waals surface area contributed by atoms with Gasteiger partial charge in [-0.05, 0) is 44.6 Å². The van der Waals surface area contributed by atoms with E-state index >= 15 is 0 Å². The summed E-state index contributed by atoms with van der Waals surface area (Å²) < 4.78 is 0. The average molecular weight is 310 g/mol. The highest BCUT2D eigenvalue weighted by atomic mass is 35.5. The second-order valence-corrected chi connectivity index (χ2v) is 6.06. The summed E-state index contributed by atoms with van der Waals surface area (Å²) in [4.78, 5) is 16.4. The fraction of sp³-hybridized carbons (Fsp3) is 0.562. The number of nitrogens with one attached hydrogen (secondary N) is 1. The highest BCUT2D eigenvalue weighted by Gasteiger charge is 2.20. The summed E-state index contributed by atoms with van der Waals surface area (Å²) in [7, 11) is 1.99. The van der Waals surface area contributed by atoms with E-state index in [1.54, 1.807) is 0 Å². The molecular weight excluding hydrogens is 286 g/mol. The first-order valence-electron chi connectivity index (χ1n) is 7.52. The molecule has 2 rings (SSSR count). The number of hydrogen-bond donors (Lipinski definition) is 1. The molecular formula is C16H24ClN3O. The van der Waals surface area contributed by atoms with Gasteiger partial charge >= 0.3 is 0 Å². The molecule has 4 nitrogen and oxygen atoms in total. The minimum Gasteiger partial charge on any atom is -0.340 e. The fourth-order valence-corrected chi connectivity index (χ4v) is 2.67. The van der Waals surface area contributed by atoms with Gasteiger partial charge in [-0.2, -0.15) is 0 Å². The van der Waals surface area contributed by atoms with Crippen molar-refractivity contribution in [2.24, 2.45) is 0 Å². The molecule has 1 fully saturated rings. The van der Waals surface area contributed by atoms with Gasteiger partial charge in [-0.25, -0.2) is 0 Å². The van der Waals surface area contributed by atoms with Crippen LogP contribution in [-0.4, -0.2) is 55.5 Å². The normalized spacial score (nSPS) is 17.6. The van der Waals surface area contributed by atoms with Crippen molar-refractivity contribution in [2.45, 2.75) is 19.4 Å². The second-order valence-electron chi connectivity index (χ2n) is 5.63. The molecule has 116 valence electrons. The molecule has 1 amide bonds. The van der Waals surface area contributed by atoms with Crippen molar-refractivity contribution in [1.82, 2.24) is 15.1 Å². The minimum absolute atomic E-state index is 0.191. The van der Waals surface area contributed by atoms with Crippen LogP contribution in [0, 0.1) is 0 Å². The zero-order valence-corrected chi connectivity index (χ0v) is 13.6. The van der Waals surface area contributed by atoms with E-state index in [1.807, 2.05) is 36.2 Å². The topological polar surface area (TPSA) is 35.6 Å². The maximum Gasteiger partial charge on any atom is 0.236 e. The highest BCUT2D eigenvalue weighted by Crippen LogP contribution is 2.20. The van der Waals surface area contributed by atoms with Gasteiger partial charge in [0.05, 0.1) is 6.54 Å². The third-order valence-electron chi connectivity index (χ3n) is 4.09.